The Morgan fingerprint density at radius 1 is 1.30 bits per heavy atom. The molecule has 124 valence electrons. The topological polar surface area (TPSA) is 107 Å². The van der Waals surface area contributed by atoms with Crippen LogP contribution in [0.25, 0.3) is 0 Å². The number of aryl methyl sites for hydroxylation is 1. The van der Waals surface area contributed by atoms with Crippen molar-refractivity contribution >= 4 is 10.0 Å². The lowest BCUT2D eigenvalue weighted by molar-refractivity contribution is -0.491. The number of quaternary nitrogens is 1. The van der Waals surface area contributed by atoms with Crippen LogP contribution in [0.15, 0.2) is 29.2 Å². The van der Waals surface area contributed by atoms with E-state index < -0.39 is 10.0 Å². The molecule has 5 atom stereocenters. The number of hydrogen-bond acceptors (Lipinski definition) is 4. The molecule has 23 heavy (non-hydrogen) atoms. The Morgan fingerprint density at radius 3 is 2.65 bits per heavy atom. The molecule has 3 rings (SSSR count). The van der Waals surface area contributed by atoms with Crippen molar-refractivity contribution in [1.29, 1.82) is 5.26 Å². The second-order valence-corrected chi connectivity index (χ2v) is 8.19. The highest BCUT2D eigenvalue weighted by Crippen LogP contribution is 2.39. The molecule has 1 heterocycles. The van der Waals surface area contributed by atoms with Crippen LogP contribution in [0, 0.1) is 30.1 Å². The second-order valence-electron chi connectivity index (χ2n) is 6.48. The summed E-state index contributed by atoms with van der Waals surface area (Å²) >= 11 is 0. The monoisotopic (exact) mass is 336 g/mol. The maximum Gasteiger partial charge on any atom is 0.240 e. The molecule has 0 aromatic heterocycles. The van der Waals surface area contributed by atoms with E-state index in [-0.39, 0.29) is 35.1 Å². The van der Waals surface area contributed by atoms with Crippen molar-refractivity contribution in [3.8, 4) is 6.07 Å². The zero-order valence-electron chi connectivity index (χ0n) is 13.1. The van der Waals surface area contributed by atoms with E-state index in [1.165, 1.54) is 0 Å². The van der Waals surface area contributed by atoms with Gasteiger partial charge in [0.15, 0.2) is 0 Å². The van der Waals surface area contributed by atoms with Gasteiger partial charge in [-0.05, 0) is 38.3 Å². The fourth-order valence-corrected chi connectivity index (χ4v) is 4.88. The molecule has 7 heteroatoms. The zero-order chi connectivity index (χ0) is 16.6. The highest BCUT2D eigenvalue weighted by atomic mass is 32.2. The van der Waals surface area contributed by atoms with Crippen LogP contribution in [0.4, 0.5) is 0 Å². The summed E-state index contributed by atoms with van der Waals surface area (Å²) in [5.41, 5.74) is 4.91. The van der Waals surface area contributed by atoms with Crippen molar-refractivity contribution in [2.45, 2.75) is 49.5 Å². The lowest BCUT2D eigenvalue weighted by atomic mass is 9.78. The van der Waals surface area contributed by atoms with E-state index in [2.05, 4.69) is 16.5 Å². The molecule has 0 unspecified atom stereocenters. The van der Waals surface area contributed by atoms with Crippen molar-refractivity contribution in [2.24, 2.45) is 11.8 Å². The molecule has 1 saturated carbocycles. The first-order valence-electron chi connectivity index (χ1n) is 7.88. The van der Waals surface area contributed by atoms with E-state index >= 15 is 0 Å². The average Bonchev–Trinajstić information content (AvgIpc) is 2.82. The fraction of sp³-hybridized carbons (Fsp3) is 0.562. The molecular formula is C16H22N3O3S+. The summed E-state index contributed by atoms with van der Waals surface area (Å²) in [6.07, 6.45) is 1.82. The summed E-state index contributed by atoms with van der Waals surface area (Å²) in [6, 6.07) is 8.92. The maximum atomic E-state index is 12.5. The van der Waals surface area contributed by atoms with Gasteiger partial charge < -0.3 is 10.5 Å². The van der Waals surface area contributed by atoms with Gasteiger partial charge in [-0.25, -0.2) is 13.1 Å². The first-order valence-corrected chi connectivity index (χ1v) is 9.36. The molecule has 1 aliphatic heterocycles. The van der Waals surface area contributed by atoms with Crippen LogP contribution in [-0.4, -0.2) is 26.8 Å². The summed E-state index contributed by atoms with van der Waals surface area (Å²) in [5, 5.41) is 9.29. The molecule has 1 aromatic carbocycles. The fourth-order valence-electron chi connectivity index (χ4n) is 3.60. The molecule has 0 spiro atoms. The summed E-state index contributed by atoms with van der Waals surface area (Å²) in [4.78, 5) is 0.278. The van der Waals surface area contributed by atoms with Gasteiger partial charge in [0.1, 0.15) is 5.92 Å². The minimum Gasteiger partial charge on any atom is -0.331 e. The van der Waals surface area contributed by atoms with Gasteiger partial charge in [0.2, 0.25) is 16.3 Å². The molecule has 4 N–H and O–H groups in total. The Kier molecular flexibility index (Phi) is 4.43. The number of hydrogen-bond donors (Lipinski definition) is 2. The van der Waals surface area contributed by atoms with E-state index in [0.29, 0.717) is 6.42 Å². The van der Waals surface area contributed by atoms with Crippen molar-refractivity contribution < 1.29 is 18.9 Å². The van der Waals surface area contributed by atoms with Gasteiger partial charge in [0.25, 0.3) is 0 Å². The number of sulfonamides is 1. The maximum absolute atomic E-state index is 12.5. The van der Waals surface area contributed by atoms with Gasteiger partial charge in [-0.3, -0.25) is 0 Å². The molecular weight excluding hydrogens is 314 g/mol. The minimum absolute atomic E-state index is 0.0299. The molecule has 6 nitrogen and oxygen atoms in total. The lowest BCUT2D eigenvalue weighted by Crippen LogP contribution is -2.63. The lowest BCUT2D eigenvalue weighted by Gasteiger charge is -2.31. The van der Waals surface area contributed by atoms with E-state index in [1.54, 1.807) is 24.3 Å². The summed E-state index contributed by atoms with van der Waals surface area (Å²) in [7, 11) is -3.53. The number of nitrogens with zero attached hydrogens (tertiary/aromatic N) is 1. The Hall–Kier alpha value is -1.46. The van der Waals surface area contributed by atoms with Crippen LogP contribution in [0.1, 0.15) is 24.8 Å². The largest absolute Gasteiger partial charge is 0.331 e. The second kappa shape index (κ2) is 6.21. The quantitative estimate of drug-likeness (QED) is 0.840. The van der Waals surface area contributed by atoms with Crippen LogP contribution in [0.3, 0.4) is 0 Å². The van der Waals surface area contributed by atoms with Crippen LogP contribution >= 0.6 is 0 Å². The number of benzene rings is 1. The molecule has 1 saturated heterocycles. The number of fused-ring (bicyclic) bond motifs is 1. The number of ether oxygens (including phenoxy) is 1. The standard InChI is InChI=1S/C16H21N3O3S/c1-10-2-5-12(6-3-10)23(20,21)19-11-4-7-15-13(8-11)14(9-17)16(18)22-15/h2-3,5-6,11,13-16,19H,4,7-8,18H2,1H3/p+1/t11-,13-,14-,15+,16+/m0/s1. The molecule has 0 radical (unpaired) electrons. The molecule has 2 aliphatic rings. The van der Waals surface area contributed by atoms with Crippen LogP contribution < -0.4 is 10.5 Å². The minimum atomic E-state index is -3.53. The Balaban J connectivity index is 1.71. The summed E-state index contributed by atoms with van der Waals surface area (Å²) < 4.78 is 33.5. The van der Waals surface area contributed by atoms with Gasteiger partial charge in [-0.2, -0.15) is 5.26 Å². The van der Waals surface area contributed by atoms with Crippen LogP contribution in [-0.2, 0) is 14.8 Å². The zero-order valence-corrected chi connectivity index (χ0v) is 13.9. The predicted octanol–water partition coefficient (Wildman–Crippen LogP) is 0.549. The third-order valence-electron chi connectivity index (χ3n) is 4.85. The SMILES string of the molecule is Cc1ccc(S(=O)(=O)N[C@H]2CC[C@H]3O[C@@H]([NH3+])[C@@H](C#N)[C@@H]3C2)cc1. The molecule has 1 aliphatic carbocycles. The van der Waals surface area contributed by atoms with E-state index in [1.807, 2.05) is 6.92 Å². The molecule has 0 amide bonds. The highest BCUT2D eigenvalue weighted by molar-refractivity contribution is 7.89. The van der Waals surface area contributed by atoms with Crippen molar-refractivity contribution in [3.63, 3.8) is 0 Å². The van der Waals surface area contributed by atoms with E-state index in [9.17, 15) is 13.7 Å². The third-order valence-corrected chi connectivity index (χ3v) is 6.38. The van der Waals surface area contributed by atoms with Gasteiger partial charge in [-0.1, -0.05) is 17.7 Å². The molecule has 0 bridgehead atoms. The number of rotatable bonds is 3. The summed E-state index contributed by atoms with van der Waals surface area (Å²) in [6.45, 7) is 1.92. The molecule has 1 aromatic rings. The van der Waals surface area contributed by atoms with E-state index in [4.69, 9.17) is 4.74 Å². The van der Waals surface area contributed by atoms with Gasteiger partial charge in [-0.15, -0.1) is 0 Å². The number of nitrogens with one attached hydrogen (secondary N) is 1. The average molecular weight is 336 g/mol. The van der Waals surface area contributed by atoms with Crippen molar-refractivity contribution in [2.75, 3.05) is 0 Å². The smallest absolute Gasteiger partial charge is 0.240 e. The van der Waals surface area contributed by atoms with Crippen LogP contribution in [0.2, 0.25) is 0 Å². The Bertz CT molecular complexity index is 711. The predicted molar refractivity (Wildman–Crippen MR) is 83.3 cm³/mol. The Labute approximate surface area is 136 Å². The normalized spacial score (nSPS) is 33.9. The Morgan fingerprint density at radius 2 is 2.00 bits per heavy atom. The first kappa shape index (κ1) is 16.4. The van der Waals surface area contributed by atoms with Crippen molar-refractivity contribution in [3.05, 3.63) is 29.8 Å². The first-order chi connectivity index (χ1) is 10.9. The van der Waals surface area contributed by atoms with Gasteiger partial charge in [0.05, 0.1) is 17.1 Å². The van der Waals surface area contributed by atoms with E-state index in [0.717, 1.165) is 18.4 Å². The summed E-state index contributed by atoms with van der Waals surface area (Å²) in [5.74, 6) is -0.200. The van der Waals surface area contributed by atoms with Gasteiger partial charge in [0, 0.05) is 12.0 Å². The van der Waals surface area contributed by atoms with Crippen LogP contribution in [0.5, 0.6) is 0 Å². The molecule has 2 fully saturated rings. The third kappa shape index (κ3) is 3.26. The van der Waals surface area contributed by atoms with Gasteiger partial charge >= 0.3 is 0 Å². The highest BCUT2D eigenvalue weighted by Gasteiger charge is 2.48. The number of nitriles is 1. The van der Waals surface area contributed by atoms with Crippen molar-refractivity contribution in [1.82, 2.24) is 4.72 Å².